The number of hydrogen-bond acceptors (Lipinski definition) is 3. The molecule has 0 saturated heterocycles. The van der Waals surface area contributed by atoms with Gasteiger partial charge in [0.2, 0.25) is 0 Å². The molecule has 0 aromatic heterocycles. The van der Waals surface area contributed by atoms with E-state index in [1.165, 1.54) is 28.5 Å². The van der Waals surface area contributed by atoms with E-state index in [1.807, 2.05) is 24.3 Å². The molecule has 3 aromatic carbocycles. The zero-order valence-electron chi connectivity index (χ0n) is 17.6. The van der Waals surface area contributed by atoms with Gasteiger partial charge in [0, 0.05) is 6.54 Å². The molecule has 0 radical (unpaired) electrons. The molecule has 0 bridgehead atoms. The molecule has 0 heterocycles. The highest BCUT2D eigenvalue weighted by molar-refractivity contribution is 5.85. The van der Waals surface area contributed by atoms with Gasteiger partial charge in [-0.15, -0.1) is 12.4 Å². The van der Waals surface area contributed by atoms with Crippen molar-refractivity contribution in [3.63, 3.8) is 0 Å². The van der Waals surface area contributed by atoms with Gasteiger partial charge in [-0.2, -0.15) is 0 Å². The van der Waals surface area contributed by atoms with Crippen LogP contribution in [0, 0.1) is 0 Å². The Morgan fingerprint density at radius 3 is 2.40 bits per heavy atom. The molecule has 4 rings (SSSR count). The highest BCUT2D eigenvalue weighted by atomic mass is 35.5. The fourth-order valence-electron chi connectivity index (χ4n) is 4.57. The maximum atomic E-state index is 10.1. The van der Waals surface area contributed by atoms with E-state index in [0.29, 0.717) is 17.4 Å². The summed E-state index contributed by atoms with van der Waals surface area (Å²) in [5.74, 6) is 1.08. The monoisotopic (exact) mass is 423 g/mol. The number of phenolic OH excluding ortho intramolecular Hbond substituents is 2. The van der Waals surface area contributed by atoms with E-state index in [4.69, 9.17) is 0 Å². The Hall–Kier alpha value is -2.49. The minimum Gasteiger partial charge on any atom is -0.508 e. The number of nitrogens with zero attached hydrogens (tertiary/aromatic N) is 1. The largest absolute Gasteiger partial charge is 0.508 e. The fourth-order valence-corrected chi connectivity index (χ4v) is 4.57. The van der Waals surface area contributed by atoms with Crippen molar-refractivity contribution < 1.29 is 10.2 Å². The molecular formula is C26H30ClNO2. The van der Waals surface area contributed by atoms with Gasteiger partial charge in [0.25, 0.3) is 0 Å². The molecule has 1 unspecified atom stereocenters. The predicted molar refractivity (Wildman–Crippen MR) is 128 cm³/mol. The molecule has 0 aliphatic heterocycles. The number of benzene rings is 3. The zero-order chi connectivity index (χ0) is 20.4. The predicted octanol–water partition coefficient (Wildman–Crippen LogP) is 6.35. The Balaban J connectivity index is 0.00000256. The van der Waals surface area contributed by atoms with Gasteiger partial charge in [-0.05, 0) is 97.4 Å². The molecule has 158 valence electrons. The van der Waals surface area contributed by atoms with Gasteiger partial charge in [-0.1, -0.05) is 42.0 Å². The summed E-state index contributed by atoms with van der Waals surface area (Å²) in [5, 5.41) is 22.0. The first-order valence-electron chi connectivity index (χ1n) is 10.4. The highest BCUT2D eigenvalue weighted by Crippen LogP contribution is 2.40. The van der Waals surface area contributed by atoms with Crippen LogP contribution in [0.1, 0.15) is 42.7 Å². The summed E-state index contributed by atoms with van der Waals surface area (Å²) < 4.78 is 0. The highest BCUT2D eigenvalue weighted by Gasteiger charge is 2.22. The number of allylic oxidation sites excluding steroid dienone is 1. The summed E-state index contributed by atoms with van der Waals surface area (Å²) in [6.45, 7) is 0.953. The second kappa shape index (κ2) is 9.55. The van der Waals surface area contributed by atoms with Crippen LogP contribution in [0.3, 0.4) is 0 Å². The van der Waals surface area contributed by atoms with Crippen LogP contribution in [-0.2, 0) is 0 Å². The summed E-state index contributed by atoms with van der Waals surface area (Å²) in [5.41, 5.74) is 5.35. The number of phenols is 2. The van der Waals surface area contributed by atoms with Crippen LogP contribution in [0.4, 0.5) is 0 Å². The molecule has 0 spiro atoms. The molecular weight excluding hydrogens is 394 g/mol. The van der Waals surface area contributed by atoms with Crippen molar-refractivity contribution in [2.45, 2.75) is 31.6 Å². The summed E-state index contributed by atoms with van der Waals surface area (Å²) in [6, 6.07) is 19.9. The maximum absolute atomic E-state index is 10.1. The Bertz CT molecular complexity index is 1060. The molecule has 2 N–H and O–H groups in total. The number of fused-ring (bicyclic) bond motifs is 1. The SMILES string of the molecule is CN(C)CC1=C(c2cccc(O)c2)CC(c2ccc3cc(O)ccc3c2)CCC1.Cl. The van der Waals surface area contributed by atoms with Gasteiger partial charge in [-0.25, -0.2) is 0 Å². The molecule has 4 heteroatoms. The second-order valence-electron chi connectivity index (χ2n) is 8.45. The second-order valence-corrected chi connectivity index (χ2v) is 8.45. The lowest BCUT2D eigenvalue weighted by Crippen LogP contribution is -2.16. The summed E-state index contributed by atoms with van der Waals surface area (Å²) >= 11 is 0. The number of rotatable bonds is 4. The smallest absolute Gasteiger partial charge is 0.116 e. The van der Waals surface area contributed by atoms with Crippen molar-refractivity contribution in [1.29, 1.82) is 0 Å². The van der Waals surface area contributed by atoms with E-state index in [2.05, 4.69) is 43.3 Å². The van der Waals surface area contributed by atoms with E-state index >= 15 is 0 Å². The van der Waals surface area contributed by atoms with Crippen molar-refractivity contribution in [3.8, 4) is 11.5 Å². The Kier molecular flexibility index (Phi) is 7.06. The van der Waals surface area contributed by atoms with Crippen LogP contribution in [0.15, 0.2) is 66.2 Å². The standard InChI is InChI=1S/C26H29NO2.ClH/c1-27(2)17-23-7-3-5-18(16-26(23)22-6-4-8-24(28)15-22)19-9-10-21-14-25(29)12-11-20(21)13-19;/h4,6,8-15,18,28-29H,3,5,7,16-17H2,1-2H3;1H. The third kappa shape index (κ3) is 4.97. The van der Waals surface area contributed by atoms with Gasteiger partial charge in [-0.3, -0.25) is 0 Å². The van der Waals surface area contributed by atoms with E-state index in [1.54, 1.807) is 12.1 Å². The number of halogens is 1. The normalized spacial score (nSPS) is 17.1. The van der Waals surface area contributed by atoms with Crippen LogP contribution in [-0.4, -0.2) is 35.8 Å². The Morgan fingerprint density at radius 1 is 0.900 bits per heavy atom. The van der Waals surface area contributed by atoms with E-state index in [0.717, 1.165) is 36.8 Å². The lowest BCUT2D eigenvalue weighted by molar-refractivity contribution is 0.438. The molecule has 1 aliphatic rings. The molecule has 0 amide bonds. The molecule has 3 nitrogen and oxygen atoms in total. The van der Waals surface area contributed by atoms with Crippen molar-refractivity contribution in [2.75, 3.05) is 20.6 Å². The molecule has 30 heavy (non-hydrogen) atoms. The first-order chi connectivity index (χ1) is 14.0. The van der Waals surface area contributed by atoms with Gasteiger partial charge in [0.1, 0.15) is 11.5 Å². The number of hydrogen-bond donors (Lipinski definition) is 2. The molecule has 1 atom stereocenters. The Morgan fingerprint density at radius 2 is 1.63 bits per heavy atom. The quantitative estimate of drug-likeness (QED) is 0.514. The van der Waals surface area contributed by atoms with Crippen molar-refractivity contribution in [1.82, 2.24) is 4.90 Å². The average molecular weight is 424 g/mol. The van der Waals surface area contributed by atoms with E-state index in [9.17, 15) is 10.2 Å². The Labute approximate surface area is 185 Å². The van der Waals surface area contributed by atoms with Gasteiger partial charge < -0.3 is 15.1 Å². The van der Waals surface area contributed by atoms with E-state index in [-0.39, 0.29) is 12.4 Å². The van der Waals surface area contributed by atoms with E-state index < -0.39 is 0 Å². The molecule has 0 fully saturated rings. The number of likely N-dealkylation sites (N-methyl/N-ethyl adjacent to an activating group) is 1. The van der Waals surface area contributed by atoms with Crippen molar-refractivity contribution in [2.24, 2.45) is 0 Å². The van der Waals surface area contributed by atoms with Gasteiger partial charge >= 0.3 is 0 Å². The lowest BCUT2D eigenvalue weighted by Gasteiger charge is -2.20. The minimum atomic E-state index is 0. The van der Waals surface area contributed by atoms with Crippen LogP contribution in [0.25, 0.3) is 16.3 Å². The van der Waals surface area contributed by atoms with Crippen molar-refractivity contribution in [3.05, 3.63) is 77.4 Å². The summed E-state index contributed by atoms with van der Waals surface area (Å²) in [6.07, 6.45) is 4.41. The summed E-state index contributed by atoms with van der Waals surface area (Å²) in [4.78, 5) is 2.24. The zero-order valence-corrected chi connectivity index (χ0v) is 18.5. The van der Waals surface area contributed by atoms with Crippen LogP contribution < -0.4 is 0 Å². The van der Waals surface area contributed by atoms with Crippen LogP contribution >= 0.6 is 12.4 Å². The van der Waals surface area contributed by atoms with Crippen LogP contribution in [0.5, 0.6) is 11.5 Å². The van der Waals surface area contributed by atoms with Crippen LogP contribution in [0.2, 0.25) is 0 Å². The maximum Gasteiger partial charge on any atom is 0.116 e. The third-order valence-corrected chi connectivity index (χ3v) is 5.93. The first-order valence-corrected chi connectivity index (χ1v) is 10.4. The van der Waals surface area contributed by atoms with Gasteiger partial charge in [0.05, 0.1) is 0 Å². The first kappa shape index (κ1) is 22.2. The van der Waals surface area contributed by atoms with Crippen molar-refractivity contribution >= 4 is 28.8 Å². The average Bonchev–Trinajstić information content (AvgIpc) is 2.90. The topological polar surface area (TPSA) is 43.7 Å². The third-order valence-electron chi connectivity index (χ3n) is 5.93. The molecule has 3 aromatic rings. The number of aromatic hydroxyl groups is 2. The summed E-state index contributed by atoms with van der Waals surface area (Å²) in [7, 11) is 4.24. The fraction of sp³-hybridized carbons (Fsp3) is 0.308. The lowest BCUT2D eigenvalue weighted by atomic mass is 9.86. The molecule has 1 aliphatic carbocycles. The minimum absolute atomic E-state index is 0. The van der Waals surface area contributed by atoms with Gasteiger partial charge in [0.15, 0.2) is 0 Å². The molecule has 0 saturated carbocycles.